The highest BCUT2D eigenvalue weighted by molar-refractivity contribution is 5.39. The zero-order chi connectivity index (χ0) is 16.5. The van der Waals surface area contributed by atoms with Crippen LogP contribution in [0.5, 0.6) is 5.75 Å². The van der Waals surface area contributed by atoms with E-state index in [-0.39, 0.29) is 0 Å². The van der Waals surface area contributed by atoms with Crippen molar-refractivity contribution in [2.45, 2.75) is 65.2 Å². The minimum atomic E-state index is 0.672. The van der Waals surface area contributed by atoms with Gasteiger partial charge >= 0.3 is 0 Å². The molecule has 3 nitrogen and oxygen atoms in total. The first-order valence-corrected chi connectivity index (χ1v) is 9.42. The van der Waals surface area contributed by atoms with E-state index in [1.807, 2.05) is 0 Å². The van der Waals surface area contributed by atoms with Crippen LogP contribution in [0.1, 0.15) is 69.9 Å². The number of ether oxygens (including phenoxy) is 1. The summed E-state index contributed by atoms with van der Waals surface area (Å²) in [5, 5.41) is 0. The molecule has 0 spiro atoms. The van der Waals surface area contributed by atoms with Gasteiger partial charge in [0.2, 0.25) is 0 Å². The molecule has 2 aliphatic rings. The van der Waals surface area contributed by atoms with Crippen molar-refractivity contribution in [2.75, 3.05) is 19.7 Å². The molecule has 2 heterocycles. The predicted octanol–water partition coefficient (Wildman–Crippen LogP) is 4.43. The van der Waals surface area contributed by atoms with E-state index < -0.39 is 0 Å². The van der Waals surface area contributed by atoms with Crippen molar-refractivity contribution >= 4 is 0 Å². The third kappa shape index (κ3) is 6.15. The highest BCUT2D eigenvalue weighted by Crippen LogP contribution is 2.30. The summed E-state index contributed by atoms with van der Waals surface area (Å²) >= 11 is 0. The normalized spacial score (nSPS) is 19.1. The van der Waals surface area contributed by atoms with Crippen molar-refractivity contribution in [3.05, 3.63) is 29.3 Å². The van der Waals surface area contributed by atoms with Gasteiger partial charge in [0.1, 0.15) is 5.75 Å². The molecule has 0 saturated carbocycles. The quantitative estimate of drug-likeness (QED) is 0.843. The van der Waals surface area contributed by atoms with E-state index in [0.29, 0.717) is 5.92 Å². The fourth-order valence-electron chi connectivity index (χ4n) is 3.03. The SMILES string of the molecule is C1CNNC1.CCC(C)CCC(C)c1ccc2c(c1)CCCO2. The molecule has 2 N–H and O–H groups in total. The average Bonchev–Trinajstić information content (AvgIpc) is 3.18. The van der Waals surface area contributed by atoms with Crippen LogP contribution in [0.25, 0.3) is 0 Å². The van der Waals surface area contributed by atoms with Gasteiger partial charge in [-0.15, -0.1) is 0 Å². The molecular formula is C20H34N2O. The first-order valence-electron chi connectivity index (χ1n) is 9.42. The van der Waals surface area contributed by atoms with Crippen molar-refractivity contribution in [2.24, 2.45) is 5.92 Å². The molecule has 1 saturated heterocycles. The lowest BCUT2D eigenvalue weighted by Crippen LogP contribution is -2.21. The maximum absolute atomic E-state index is 5.67. The molecule has 0 aromatic heterocycles. The lowest BCUT2D eigenvalue weighted by Gasteiger charge is -2.20. The predicted molar refractivity (Wildman–Crippen MR) is 98.0 cm³/mol. The molecule has 2 atom stereocenters. The lowest BCUT2D eigenvalue weighted by atomic mass is 9.90. The molecule has 1 aromatic rings. The molecule has 0 radical (unpaired) electrons. The Morgan fingerprint density at radius 1 is 1.09 bits per heavy atom. The van der Waals surface area contributed by atoms with Crippen molar-refractivity contribution in [1.82, 2.24) is 10.9 Å². The summed E-state index contributed by atoms with van der Waals surface area (Å²) in [5.41, 5.74) is 8.84. The molecule has 0 bridgehead atoms. The Hall–Kier alpha value is -1.06. The van der Waals surface area contributed by atoms with E-state index in [2.05, 4.69) is 49.8 Å². The van der Waals surface area contributed by atoms with Gasteiger partial charge in [-0.3, -0.25) is 10.9 Å². The number of nitrogens with one attached hydrogen (secondary N) is 2. The highest BCUT2D eigenvalue weighted by atomic mass is 16.5. The number of aryl methyl sites for hydroxylation is 1. The van der Waals surface area contributed by atoms with Crippen LogP contribution in [0.3, 0.4) is 0 Å². The third-order valence-corrected chi connectivity index (χ3v) is 5.02. The molecule has 23 heavy (non-hydrogen) atoms. The Morgan fingerprint density at radius 2 is 1.87 bits per heavy atom. The molecular weight excluding hydrogens is 284 g/mol. The summed E-state index contributed by atoms with van der Waals surface area (Å²) in [5.74, 6) is 2.64. The maximum Gasteiger partial charge on any atom is 0.122 e. The van der Waals surface area contributed by atoms with Gasteiger partial charge in [0, 0.05) is 13.1 Å². The molecule has 2 unspecified atom stereocenters. The number of hydrogen-bond acceptors (Lipinski definition) is 3. The minimum absolute atomic E-state index is 0.672. The van der Waals surface area contributed by atoms with Gasteiger partial charge < -0.3 is 4.74 Å². The zero-order valence-electron chi connectivity index (χ0n) is 15.2. The van der Waals surface area contributed by atoms with Crippen LogP contribution in [-0.4, -0.2) is 19.7 Å². The number of benzene rings is 1. The van der Waals surface area contributed by atoms with E-state index in [1.165, 1.54) is 43.2 Å². The molecule has 130 valence electrons. The van der Waals surface area contributed by atoms with E-state index in [9.17, 15) is 0 Å². The summed E-state index contributed by atoms with van der Waals surface area (Å²) in [6, 6.07) is 6.80. The highest BCUT2D eigenvalue weighted by Gasteiger charge is 2.13. The van der Waals surface area contributed by atoms with E-state index in [0.717, 1.165) is 37.8 Å². The molecule has 3 heteroatoms. The summed E-state index contributed by atoms with van der Waals surface area (Å²) in [6.07, 6.45) is 7.56. The van der Waals surface area contributed by atoms with Gasteiger partial charge in [0.15, 0.2) is 0 Å². The monoisotopic (exact) mass is 318 g/mol. The molecule has 0 amide bonds. The van der Waals surface area contributed by atoms with Crippen LogP contribution < -0.4 is 15.6 Å². The first-order chi connectivity index (χ1) is 11.2. The summed E-state index contributed by atoms with van der Waals surface area (Å²) in [6.45, 7) is 10.2. The molecule has 2 aliphatic heterocycles. The van der Waals surface area contributed by atoms with Crippen molar-refractivity contribution in [3.8, 4) is 5.75 Å². The second-order valence-electron chi connectivity index (χ2n) is 7.02. The van der Waals surface area contributed by atoms with Gasteiger partial charge in [0.25, 0.3) is 0 Å². The Kier molecular flexibility index (Phi) is 7.90. The van der Waals surface area contributed by atoms with Crippen LogP contribution in [0.2, 0.25) is 0 Å². The Morgan fingerprint density at radius 3 is 2.52 bits per heavy atom. The fourth-order valence-corrected chi connectivity index (χ4v) is 3.03. The Labute approximate surface area is 142 Å². The zero-order valence-corrected chi connectivity index (χ0v) is 15.2. The van der Waals surface area contributed by atoms with Crippen molar-refractivity contribution in [3.63, 3.8) is 0 Å². The lowest BCUT2D eigenvalue weighted by molar-refractivity contribution is 0.288. The number of hydrazine groups is 1. The average molecular weight is 319 g/mol. The fraction of sp³-hybridized carbons (Fsp3) is 0.700. The summed E-state index contributed by atoms with van der Waals surface area (Å²) in [4.78, 5) is 0. The molecule has 0 aliphatic carbocycles. The smallest absolute Gasteiger partial charge is 0.122 e. The van der Waals surface area contributed by atoms with Gasteiger partial charge in [-0.2, -0.15) is 0 Å². The third-order valence-electron chi connectivity index (χ3n) is 5.02. The summed E-state index contributed by atoms with van der Waals surface area (Å²) < 4.78 is 5.67. The summed E-state index contributed by atoms with van der Waals surface area (Å²) in [7, 11) is 0. The van der Waals surface area contributed by atoms with E-state index >= 15 is 0 Å². The van der Waals surface area contributed by atoms with Gasteiger partial charge in [-0.1, -0.05) is 45.7 Å². The maximum atomic E-state index is 5.67. The first kappa shape index (κ1) is 18.3. The van der Waals surface area contributed by atoms with Crippen LogP contribution in [0.4, 0.5) is 0 Å². The number of rotatable bonds is 5. The second-order valence-corrected chi connectivity index (χ2v) is 7.02. The Bertz CT molecular complexity index is 449. The van der Waals surface area contributed by atoms with Gasteiger partial charge in [-0.05, 0) is 54.7 Å². The van der Waals surface area contributed by atoms with Crippen molar-refractivity contribution < 1.29 is 4.74 Å². The van der Waals surface area contributed by atoms with E-state index in [4.69, 9.17) is 4.74 Å². The standard InChI is InChI=1S/C17H26O.C3H8N2/c1-4-13(2)7-8-14(3)15-9-10-17-16(12-15)6-5-11-18-17;1-2-4-5-3-1/h9-10,12-14H,4-8,11H2,1-3H3;4-5H,1-3H2. The van der Waals surface area contributed by atoms with Gasteiger partial charge in [0.05, 0.1) is 6.61 Å². The largest absolute Gasteiger partial charge is 0.493 e. The molecule has 1 fully saturated rings. The van der Waals surface area contributed by atoms with Crippen LogP contribution in [0.15, 0.2) is 18.2 Å². The van der Waals surface area contributed by atoms with E-state index in [1.54, 1.807) is 0 Å². The van der Waals surface area contributed by atoms with Gasteiger partial charge in [-0.25, -0.2) is 0 Å². The van der Waals surface area contributed by atoms with Crippen LogP contribution >= 0.6 is 0 Å². The number of fused-ring (bicyclic) bond motifs is 1. The van der Waals surface area contributed by atoms with Crippen LogP contribution in [-0.2, 0) is 6.42 Å². The topological polar surface area (TPSA) is 33.3 Å². The molecule has 1 aromatic carbocycles. The Balaban J connectivity index is 0.000000326. The molecule has 3 rings (SSSR count). The minimum Gasteiger partial charge on any atom is -0.493 e. The van der Waals surface area contributed by atoms with Crippen LogP contribution in [0, 0.1) is 5.92 Å². The second kappa shape index (κ2) is 9.94. The van der Waals surface area contributed by atoms with Crippen molar-refractivity contribution in [1.29, 1.82) is 0 Å². The number of hydrogen-bond donors (Lipinski definition) is 2.